The first kappa shape index (κ1) is 10.3. The van der Waals surface area contributed by atoms with Gasteiger partial charge in [-0.15, -0.1) is 0 Å². The Morgan fingerprint density at radius 3 is 2.60 bits per heavy atom. The molecule has 0 atom stereocenters. The van der Waals surface area contributed by atoms with Crippen LogP contribution in [0.4, 0.5) is 11.4 Å². The van der Waals surface area contributed by atoms with Gasteiger partial charge in [0, 0.05) is 11.4 Å². The lowest BCUT2D eigenvalue weighted by molar-refractivity contribution is -0.113. The third-order valence-electron chi connectivity index (χ3n) is 2.15. The molecule has 1 heterocycles. The van der Waals surface area contributed by atoms with Crippen LogP contribution >= 0.6 is 23.2 Å². The van der Waals surface area contributed by atoms with Crippen molar-refractivity contribution in [3.8, 4) is 0 Å². The molecular formula is C10H8Cl2N2O. The van der Waals surface area contributed by atoms with Crippen LogP contribution in [0.2, 0.25) is 0 Å². The molecule has 2 N–H and O–H groups in total. The van der Waals surface area contributed by atoms with Gasteiger partial charge in [-0.1, -0.05) is 29.3 Å². The predicted molar refractivity (Wildman–Crippen MR) is 61.9 cm³/mol. The fraction of sp³-hybridized carbons (Fsp3) is 0.100. The average Bonchev–Trinajstić information content (AvgIpc) is 2.46. The Labute approximate surface area is 97.1 Å². The zero-order chi connectivity index (χ0) is 11.0. The van der Waals surface area contributed by atoms with Gasteiger partial charge < -0.3 is 10.6 Å². The number of nitrogen functional groups attached to an aromatic ring is 1. The minimum atomic E-state index is -0.285. The molecule has 1 aromatic rings. The third kappa shape index (κ3) is 1.80. The maximum absolute atomic E-state index is 11.6. The number of anilines is 2. The molecular weight excluding hydrogens is 235 g/mol. The van der Waals surface area contributed by atoms with E-state index in [9.17, 15) is 4.79 Å². The fourth-order valence-electron chi connectivity index (χ4n) is 1.42. The van der Waals surface area contributed by atoms with Gasteiger partial charge >= 0.3 is 0 Å². The van der Waals surface area contributed by atoms with E-state index in [2.05, 4.69) is 0 Å². The number of halogens is 2. The molecule has 1 amide bonds. The Morgan fingerprint density at radius 2 is 2.07 bits per heavy atom. The van der Waals surface area contributed by atoms with Crippen molar-refractivity contribution in [1.29, 1.82) is 0 Å². The van der Waals surface area contributed by atoms with Crippen molar-refractivity contribution in [3.05, 3.63) is 34.3 Å². The van der Waals surface area contributed by atoms with E-state index in [-0.39, 0.29) is 10.9 Å². The standard InChI is InChI=1S/C10H8Cl2N2O/c11-8-5-14(10(15)9(8)12)7-3-1-2-6(13)4-7/h1-4H,5,13H2. The van der Waals surface area contributed by atoms with E-state index in [4.69, 9.17) is 28.9 Å². The van der Waals surface area contributed by atoms with E-state index in [1.54, 1.807) is 24.3 Å². The van der Waals surface area contributed by atoms with Gasteiger partial charge in [-0.2, -0.15) is 0 Å². The largest absolute Gasteiger partial charge is 0.399 e. The molecule has 0 spiro atoms. The molecule has 1 aliphatic rings. The highest BCUT2D eigenvalue weighted by molar-refractivity contribution is 6.51. The van der Waals surface area contributed by atoms with Crippen molar-refractivity contribution >= 4 is 40.5 Å². The van der Waals surface area contributed by atoms with Crippen LogP contribution in [0.15, 0.2) is 34.3 Å². The van der Waals surface area contributed by atoms with Crippen molar-refractivity contribution in [2.24, 2.45) is 0 Å². The summed E-state index contributed by atoms with van der Waals surface area (Å²) in [5.74, 6) is -0.285. The number of nitrogens with two attached hydrogens (primary N) is 1. The molecule has 0 radical (unpaired) electrons. The quantitative estimate of drug-likeness (QED) is 0.769. The van der Waals surface area contributed by atoms with Crippen LogP contribution in [0, 0.1) is 0 Å². The Morgan fingerprint density at radius 1 is 1.33 bits per heavy atom. The van der Waals surface area contributed by atoms with Crippen LogP contribution in [0.5, 0.6) is 0 Å². The molecule has 2 rings (SSSR count). The second-order valence-electron chi connectivity index (χ2n) is 3.21. The SMILES string of the molecule is Nc1cccc(N2CC(Cl)=C(Cl)C2=O)c1. The van der Waals surface area contributed by atoms with Crippen LogP contribution in [-0.4, -0.2) is 12.5 Å². The molecule has 0 aliphatic carbocycles. The Hall–Kier alpha value is -1.19. The maximum atomic E-state index is 11.6. The third-order valence-corrected chi connectivity index (χ3v) is 2.94. The first-order chi connectivity index (χ1) is 7.09. The summed E-state index contributed by atoms with van der Waals surface area (Å²) in [7, 11) is 0. The van der Waals surface area contributed by atoms with Gasteiger partial charge in [0.15, 0.2) is 0 Å². The lowest BCUT2D eigenvalue weighted by Gasteiger charge is -2.16. The highest BCUT2D eigenvalue weighted by Gasteiger charge is 2.29. The maximum Gasteiger partial charge on any atom is 0.271 e. The molecule has 0 saturated heterocycles. The predicted octanol–water partition coefficient (Wildman–Crippen LogP) is 2.30. The summed E-state index contributed by atoms with van der Waals surface area (Å²) in [6, 6.07) is 7.02. The van der Waals surface area contributed by atoms with E-state index < -0.39 is 0 Å². The fourth-order valence-corrected chi connectivity index (χ4v) is 1.78. The molecule has 0 saturated carbocycles. The number of hydrogen-bond acceptors (Lipinski definition) is 2. The lowest BCUT2D eigenvalue weighted by Crippen LogP contribution is -2.25. The van der Waals surface area contributed by atoms with Gasteiger partial charge in [0.25, 0.3) is 5.91 Å². The molecule has 0 fully saturated rings. The number of carbonyl (C=O) groups is 1. The van der Waals surface area contributed by atoms with Gasteiger partial charge in [0.1, 0.15) is 5.03 Å². The van der Waals surface area contributed by atoms with Gasteiger partial charge in [0.2, 0.25) is 0 Å². The highest BCUT2D eigenvalue weighted by Crippen LogP contribution is 2.30. The molecule has 1 aliphatic heterocycles. The summed E-state index contributed by atoms with van der Waals surface area (Å²) in [5, 5.41) is 0.447. The van der Waals surface area contributed by atoms with E-state index >= 15 is 0 Å². The summed E-state index contributed by atoms with van der Waals surface area (Å²) >= 11 is 11.5. The summed E-state index contributed by atoms with van der Waals surface area (Å²) < 4.78 is 0. The number of nitrogens with zero attached hydrogens (tertiary/aromatic N) is 1. The Kier molecular flexibility index (Phi) is 2.59. The van der Waals surface area contributed by atoms with Gasteiger partial charge in [-0.05, 0) is 18.2 Å². The summed E-state index contributed by atoms with van der Waals surface area (Å²) in [4.78, 5) is 13.1. The van der Waals surface area contributed by atoms with Crippen molar-refractivity contribution in [3.63, 3.8) is 0 Å². The van der Waals surface area contributed by atoms with Crippen LogP contribution in [0.25, 0.3) is 0 Å². The summed E-state index contributed by atoms with van der Waals surface area (Å²) in [6.45, 7) is 0.308. The number of hydrogen-bond donors (Lipinski definition) is 1. The zero-order valence-electron chi connectivity index (χ0n) is 7.71. The first-order valence-corrected chi connectivity index (χ1v) is 5.07. The van der Waals surface area contributed by atoms with Crippen LogP contribution < -0.4 is 10.6 Å². The topological polar surface area (TPSA) is 46.3 Å². The van der Waals surface area contributed by atoms with Crippen LogP contribution in [0.1, 0.15) is 0 Å². The van der Waals surface area contributed by atoms with Crippen LogP contribution in [-0.2, 0) is 4.79 Å². The number of amides is 1. The Bertz CT molecular complexity index is 456. The monoisotopic (exact) mass is 242 g/mol. The first-order valence-electron chi connectivity index (χ1n) is 4.31. The van der Waals surface area contributed by atoms with Crippen molar-refractivity contribution in [2.75, 3.05) is 17.2 Å². The molecule has 78 valence electrons. The van der Waals surface area contributed by atoms with E-state index in [0.717, 1.165) is 0 Å². The highest BCUT2D eigenvalue weighted by atomic mass is 35.5. The smallest absolute Gasteiger partial charge is 0.271 e. The molecule has 15 heavy (non-hydrogen) atoms. The zero-order valence-corrected chi connectivity index (χ0v) is 9.22. The number of benzene rings is 1. The van der Waals surface area contributed by atoms with Crippen molar-refractivity contribution in [1.82, 2.24) is 0 Å². The van der Waals surface area contributed by atoms with Gasteiger partial charge in [-0.3, -0.25) is 4.79 Å². The molecule has 5 heteroatoms. The average molecular weight is 243 g/mol. The van der Waals surface area contributed by atoms with E-state index in [1.807, 2.05) is 0 Å². The van der Waals surface area contributed by atoms with Gasteiger partial charge in [-0.25, -0.2) is 0 Å². The molecule has 0 bridgehead atoms. The van der Waals surface area contributed by atoms with Crippen molar-refractivity contribution in [2.45, 2.75) is 0 Å². The lowest BCUT2D eigenvalue weighted by atomic mass is 10.2. The molecule has 0 unspecified atom stereocenters. The molecule has 0 aromatic heterocycles. The van der Waals surface area contributed by atoms with Gasteiger partial charge in [0.05, 0.1) is 11.6 Å². The number of rotatable bonds is 1. The summed E-state index contributed by atoms with van der Waals surface area (Å²) in [5.41, 5.74) is 6.92. The van der Waals surface area contributed by atoms with E-state index in [0.29, 0.717) is 23.0 Å². The number of carbonyl (C=O) groups excluding carboxylic acids is 1. The van der Waals surface area contributed by atoms with E-state index in [1.165, 1.54) is 4.90 Å². The minimum Gasteiger partial charge on any atom is -0.399 e. The van der Waals surface area contributed by atoms with Crippen LogP contribution in [0.3, 0.4) is 0 Å². The normalized spacial score (nSPS) is 16.4. The second-order valence-corrected chi connectivity index (χ2v) is 4.04. The molecule has 1 aromatic carbocycles. The minimum absolute atomic E-state index is 0.0825. The Balaban J connectivity index is 2.33. The summed E-state index contributed by atoms with van der Waals surface area (Å²) in [6.07, 6.45) is 0. The van der Waals surface area contributed by atoms with Crippen molar-refractivity contribution < 1.29 is 4.79 Å². The molecule has 3 nitrogen and oxygen atoms in total. The second kappa shape index (κ2) is 3.76.